The number of para-hydroxylation sites is 2. The highest BCUT2D eigenvalue weighted by atomic mass is 16.5. The second kappa shape index (κ2) is 43.9. The molecule has 36 nitrogen and oxygen atoms in total. The number of cyclic esters (lactones) is 1. The zero-order valence-electron chi connectivity index (χ0n) is 63.2. The molecule has 3 aromatic carbocycles. The van der Waals surface area contributed by atoms with Crippen molar-refractivity contribution in [1.29, 1.82) is 0 Å². The maximum Gasteiger partial charge on any atom is 0.337 e. The lowest BCUT2D eigenvalue weighted by Gasteiger charge is -2.29. The third-order valence-electron chi connectivity index (χ3n) is 18.6. The molecule has 11 amide bonds. The van der Waals surface area contributed by atoms with E-state index in [9.17, 15) is 102 Å². The number of aromatic amines is 1. The summed E-state index contributed by atoms with van der Waals surface area (Å²) in [4.78, 5) is 252. The number of ketones is 4. The fraction of sp³-hybridized carbons (Fsp3) is 0.474. The van der Waals surface area contributed by atoms with Crippen LogP contribution in [-0.4, -0.2) is 207 Å². The van der Waals surface area contributed by atoms with Gasteiger partial charge < -0.3 is 95.4 Å². The Morgan fingerprint density at radius 3 is 1.93 bits per heavy atom. The standard InChI is InChI=1S/C76H100N14O22/c1-8-9-15-44-21-23-45(24-22-44)38(2)28-61(96)85-55(30-46-34-80-51-19-13-11-16-47(46)51)74(109)87-53(32-60(79)95)57(92)27-41(5)70(105)89-66-43(7)112-76(111)67(68(103)48-17-10-12-18-50(48)78)90-72(107)49(39(3)29-64(99)100)31-59(94)56(37-91)86-63(98)35-81-71(106)42(6)83-69(104)40(4)26-58(93)54(33-65(101)102)88-73(108)52(20-14-25-77)84-62(97)36-82-75(66)110/h10-13,16-19,21-24,28,34,39-43,49,52-56,66-67,80,91H,8-9,14-15,20,25-27,29-33,35-37,77-78H2,1-7H3,(H2,79,95)(H,81,106)(H,82,110)(H,83,104)(H,84,97)(H,85,96)(H,86,98)(H,87,109)(H,88,108)(H,89,105)(H,90,107)(H,99,100)(H,101,102)/b38-28+/t39-,40+,41-,42+,43-,49+,52+,53-,54+,55+,56-,66+,67+/m1/s1. The molecular weight excluding hydrogens is 1460 g/mol. The van der Waals surface area contributed by atoms with Crippen molar-refractivity contribution in [2.45, 2.75) is 180 Å². The Balaban J connectivity index is 1.55. The second-order valence-electron chi connectivity index (χ2n) is 27.7. The summed E-state index contributed by atoms with van der Waals surface area (Å²) in [5.41, 5.74) is 20.5. The number of aliphatic carboxylic acids is 2. The van der Waals surface area contributed by atoms with Crippen LogP contribution in [0.1, 0.15) is 140 Å². The highest BCUT2D eigenvalue weighted by Crippen LogP contribution is 2.25. The molecule has 112 heavy (non-hydrogen) atoms. The third kappa shape index (κ3) is 28.1. The summed E-state index contributed by atoms with van der Waals surface area (Å²) < 4.78 is 5.72. The summed E-state index contributed by atoms with van der Waals surface area (Å²) in [7, 11) is 0. The van der Waals surface area contributed by atoms with E-state index >= 15 is 0 Å². The lowest BCUT2D eigenvalue weighted by atomic mass is 9.84. The van der Waals surface area contributed by atoms with E-state index in [0.717, 1.165) is 50.3 Å². The van der Waals surface area contributed by atoms with Gasteiger partial charge in [0.1, 0.15) is 36.3 Å². The molecule has 606 valence electrons. The number of nitrogens with two attached hydrogens (primary N) is 3. The van der Waals surface area contributed by atoms with Gasteiger partial charge in [-0.3, -0.25) is 81.5 Å². The van der Waals surface area contributed by atoms with Gasteiger partial charge in [-0.2, -0.15) is 0 Å². The highest BCUT2D eigenvalue weighted by molar-refractivity contribution is 6.16. The van der Waals surface area contributed by atoms with Crippen LogP contribution in [0.4, 0.5) is 5.69 Å². The number of rotatable bonds is 28. The van der Waals surface area contributed by atoms with Crippen LogP contribution in [0.5, 0.6) is 0 Å². The van der Waals surface area contributed by atoms with Crippen molar-refractivity contribution < 1.29 is 106 Å². The first-order valence-electron chi connectivity index (χ1n) is 36.4. The van der Waals surface area contributed by atoms with Gasteiger partial charge in [0, 0.05) is 84.3 Å². The number of ether oxygens (including phenoxy) is 1. The molecule has 1 fully saturated rings. The van der Waals surface area contributed by atoms with Gasteiger partial charge >= 0.3 is 17.9 Å². The summed E-state index contributed by atoms with van der Waals surface area (Å²) >= 11 is 0. The van der Waals surface area contributed by atoms with E-state index in [4.69, 9.17) is 21.9 Å². The minimum absolute atomic E-state index is 0.00493. The zero-order chi connectivity index (χ0) is 83.2. The molecular formula is C76H100N14O22. The van der Waals surface area contributed by atoms with Gasteiger partial charge in [0.2, 0.25) is 65.0 Å². The molecule has 0 aliphatic carbocycles. The van der Waals surface area contributed by atoms with Gasteiger partial charge in [0.15, 0.2) is 29.2 Å². The van der Waals surface area contributed by atoms with Crippen LogP contribution in [0.15, 0.2) is 85.1 Å². The molecule has 4 aromatic rings. The highest BCUT2D eigenvalue weighted by Gasteiger charge is 2.42. The Morgan fingerprint density at radius 2 is 1.30 bits per heavy atom. The number of unbranched alkanes of at least 4 members (excludes halogenated alkanes) is 1. The van der Waals surface area contributed by atoms with E-state index in [-0.39, 0.29) is 31.5 Å². The normalized spacial score (nSPS) is 21.8. The number of allylic oxidation sites excluding steroid dienone is 1. The summed E-state index contributed by atoms with van der Waals surface area (Å²) in [5, 5.41) is 54.0. The second-order valence-corrected chi connectivity index (χ2v) is 27.7. The topological polar surface area (TPSA) is 591 Å². The Hall–Kier alpha value is -12.1. The van der Waals surface area contributed by atoms with Crippen LogP contribution in [-0.2, 0) is 99.1 Å². The van der Waals surface area contributed by atoms with E-state index in [1.165, 1.54) is 45.0 Å². The smallest absolute Gasteiger partial charge is 0.337 e. The van der Waals surface area contributed by atoms with Crippen molar-refractivity contribution in [3.63, 3.8) is 0 Å². The van der Waals surface area contributed by atoms with Crippen LogP contribution in [0, 0.1) is 23.7 Å². The number of aromatic nitrogens is 1. The van der Waals surface area contributed by atoms with Crippen LogP contribution in [0.2, 0.25) is 0 Å². The Bertz CT molecular complexity index is 4180. The van der Waals surface area contributed by atoms with Crippen LogP contribution >= 0.6 is 0 Å². The molecule has 1 aliphatic heterocycles. The van der Waals surface area contributed by atoms with Crippen LogP contribution in [0.3, 0.4) is 0 Å². The van der Waals surface area contributed by atoms with Crippen molar-refractivity contribution in [2.75, 3.05) is 32.0 Å². The van der Waals surface area contributed by atoms with Crippen molar-refractivity contribution in [1.82, 2.24) is 58.2 Å². The number of hydrogen-bond donors (Lipinski definition) is 17. The Labute approximate surface area is 644 Å². The molecule has 1 aromatic heterocycles. The number of carbonyl (C=O) groups excluding carboxylic acids is 16. The fourth-order valence-corrected chi connectivity index (χ4v) is 12.0. The van der Waals surface area contributed by atoms with Crippen molar-refractivity contribution in [2.24, 2.45) is 35.1 Å². The van der Waals surface area contributed by atoms with E-state index in [1.54, 1.807) is 37.4 Å². The van der Waals surface area contributed by atoms with Crippen molar-refractivity contribution >= 4 is 128 Å². The SMILES string of the molecule is CCCCc1ccc(/C(C)=C/C(=O)N[C@@H](Cc2c[nH]c3ccccc23)C(=O)N[C@H](CC(N)=O)C(=O)C[C@@H](C)C(=O)N[C@@H]2C(=O)NCC(=O)N[C@@H](CCCN)C(=O)N[C@@H](CC(=O)O)C(=O)C[C@H](C)C(=O)N[C@@H](C)C(=O)NCC(=O)N[C@H](CO)C(=O)C[C@@H]([C@H](C)CC(=O)O)C(=O)N[C@@H](C(=O)c3ccccc3N)C(=O)O[C@@H]2C)cc1. The van der Waals surface area contributed by atoms with Gasteiger partial charge in [-0.1, -0.05) is 88.7 Å². The van der Waals surface area contributed by atoms with Crippen molar-refractivity contribution in [3.05, 3.63) is 107 Å². The monoisotopic (exact) mass is 1560 g/mol. The molecule has 13 atom stereocenters. The van der Waals surface area contributed by atoms with E-state index in [1.807, 2.05) is 24.3 Å². The quantitative estimate of drug-likeness (QED) is 0.0103. The molecule has 0 unspecified atom stereocenters. The number of fused-ring (bicyclic) bond motifs is 1. The first-order chi connectivity index (χ1) is 52.9. The molecule has 1 saturated heterocycles. The number of aliphatic hydroxyl groups excluding tert-OH is 1. The number of carboxylic acids is 2. The number of primary amides is 1. The summed E-state index contributed by atoms with van der Waals surface area (Å²) in [5.74, 6) is -27.5. The molecule has 20 N–H and O–H groups in total. The average molecular weight is 1560 g/mol. The molecule has 1 aliphatic rings. The van der Waals surface area contributed by atoms with Crippen LogP contribution < -0.4 is 70.4 Å². The van der Waals surface area contributed by atoms with E-state index in [0.29, 0.717) is 22.0 Å². The number of Topliss-reactive ketones (excluding diaryl/α,β-unsaturated/α-hetero) is 4. The number of aryl methyl sites for hydroxylation is 1. The summed E-state index contributed by atoms with van der Waals surface area (Å²) in [6.07, 6.45) is -2.10. The van der Waals surface area contributed by atoms with Gasteiger partial charge in [0.05, 0.1) is 44.6 Å². The molecule has 0 spiro atoms. The largest absolute Gasteiger partial charge is 0.481 e. The first-order valence-corrected chi connectivity index (χ1v) is 36.4. The predicted molar refractivity (Wildman–Crippen MR) is 402 cm³/mol. The van der Waals surface area contributed by atoms with Gasteiger partial charge in [-0.15, -0.1) is 0 Å². The third-order valence-corrected chi connectivity index (χ3v) is 18.6. The fourth-order valence-electron chi connectivity index (χ4n) is 12.0. The molecule has 2 heterocycles. The van der Waals surface area contributed by atoms with Gasteiger partial charge in [-0.05, 0) is 99.4 Å². The Kier molecular flexibility index (Phi) is 35.5. The number of nitrogen functional groups attached to an aromatic ring is 1. The number of hydrogen-bond acceptors (Lipinski definition) is 22. The van der Waals surface area contributed by atoms with Crippen molar-refractivity contribution in [3.8, 4) is 0 Å². The maximum atomic E-state index is 14.8. The molecule has 0 saturated carbocycles. The number of anilines is 1. The number of benzene rings is 3. The minimum atomic E-state index is -2.54. The average Bonchev–Trinajstić information content (AvgIpc) is 1.42. The first kappa shape index (κ1) is 90.5. The lowest BCUT2D eigenvalue weighted by Crippen LogP contribution is -2.58. The summed E-state index contributed by atoms with van der Waals surface area (Å²) in [6.45, 7) is 6.28. The van der Waals surface area contributed by atoms with Crippen LogP contribution in [0.25, 0.3) is 16.5 Å². The molecule has 36 heteroatoms. The molecule has 0 bridgehead atoms. The number of carboxylic acid groups (broad SMARTS) is 2. The van der Waals surface area contributed by atoms with Gasteiger partial charge in [-0.25, -0.2) is 4.79 Å². The number of amides is 11. The van der Waals surface area contributed by atoms with E-state index in [2.05, 4.69) is 65.1 Å². The predicted octanol–water partition coefficient (Wildman–Crippen LogP) is -1.34. The minimum Gasteiger partial charge on any atom is -0.481 e. The number of esters is 1. The van der Waals surface area contributed by atoms with Gasteiger partial charge in [0.25, 0.3) is 0 Å². The lowest BCUT2D eigenvalue weighted by molar-refractivity contribution is -0.155. The summed E-state index contributed by atoms with van der Waals surface area (Å²) in [6, 6.07) is 4.98. The zero-order valence-corrected chi connectivity index (χ0v) is 63.2. The molecule has 5 rings (SSSR count). The number of aliphatic hydroxyl groups is 1. The maximum absolute atomic E-state index is 14.8. The van der Waals surface area contributed by atoms with E-state index < -0.39 is 248 Å². The number of carbonyl (C=O) groups is 18. The number of H-pyrrole nitrogens is 1. The number of nitrogens with one attached hydrogen (secondary N) is 11. The Morgan fingerprint density at radius 1 is 0.670 bits per heavy atom. The molecule has 0 radical (unpaired) electrons.